The highest BCUT2D eigenvalue weighted by atomic mass is 31.2. The average molecular weight is 296 g/mol. The van der Waals surface area contributed by atoms with Gasteiger partial charge in [-0.05, 0) is 0 Å². The second-order valence-electron chi connectivity index (χ2n) is 2.82. The van der Waals surface area contributed by atoms with Crippen molar-refractivity contribution in [3.8, 4) is 0 Å². The Morgan fingerprint density at radius 1 is 0.824 bits per heavy atom. The fourth-order valence-corrected chi connectivity index (χ4v) is 1.12. The maximum Gasteiger partial charge on any atom is 0.381 e. The molecule has 0 aliphatic carbocycles. The van der Waals surface area contributed by atoms with Crippen molar-refractivity contribution in [2.45, 2.75) is 30.0 Å². The Hall–Kier alpha value is -0.250. The van der Waals surface area contributed by atoms with Crippen molar-refractivity contribution in [2.24, 2.45) is 0 Å². The predicted octanol–water partition coefficient (Wildman–Crippen LogP) is 1.77. The van der Waals surface area contributed by atoms with Crippen molar-refractivity contribution >= 4 is 8.38 Å². The van der Waals surface area contributed by atoms with E-state index in [1.165, 1.54) is 0 Å². The number of hydrogen-bond acceptors (Lipinski definition) is 3. The molecule has 0 bridgehead atoms. The molecule has 0 aromatic carbocycles. The molecule has 0 amide bonds. The summed E-state index contributed by atoms with van der Waals surface area (Å²) < 4.78 is 97.6. The predicted molar refractivity (Wildman–Crippen MR) is 38.2 cm³/mol. The van der Waals surface area contributed by atoms with Gasteiger partial charge in [0.15, 0.2) is 5.85 Å². The molecule has 0 saturated heterocycles. The summed E-state index contributed by atoms with van der Waals surface area (Å²) in [5.74, 6) is -23.2. The van der Waals surface area contributed by atoms with Gasteiger partial charge in [-0.1, -0.05) is 0 Å². The Kier molecular flexibility index (Phi) is 4.72. The first kappa shape index (κ1) is 16.8. The Morgan fingerprint density at radius 3 is 1.41 bits per heavy atom. The summed E-state index contributed by atoms with van der Waals surface area (Å²) in [7, 11) is -4.13. The minimum atomic E-state index is -6.65. The van der Waals surface area contributed by atoms with E-state index < -0.39 is 38.4 Å². The number of rotatable bonds is 5. The second-order valence-corrected chi connectivity index (χ2v) is 3.94. The van der Waals surface area contributed by atoms with Gasteiger partial charge in [0.05, 0.1) is 0 Å². The van der Waals surface area contributed by atoms with Gasteiger partial charge >= 0.3 is 24.2 Å². The molecule has 0 heterocycles. The lowest BCUT2D eigenvalue weighted by molar-refractivity contribution is -0.349. The van der Waals surface area contributed by atoms with Crippen LogP contribution >= 0.6 is 8.38 Å². The molecular formula is C5H5F8O3P. The normalized spacial score (nSPS) is 16.8. The fraction of sp³-hybridized carbons (Fsp3) is 1.00. The number of aliphatic hydroxyl groups is 1. The monoisotopic (exact) mass is 296 g/mol. The molecule has 0 rings (SSSR count). The smallest absolute Gasteiger partial charge is 0.378 e. The standard InChI is InChI=1S/C5H5F8O3P/c6-1(7)3(8,9)5(12,13)4(10,11)2(14)17(15)16/h1-2,14-16H. The van der Waals surface area contributed by atoms with Crippen molar-refractivity contribution in [3.63, 3.8) is 0 Å². The van der Waals surface area contributed by atoms with Gasteiger partial charge in [0.2, 0.25) is 8.38 Å². The van der Waals surface area contributed by atoms with E-state index in [0.29, 0.717) is 0 Å². The Bertz CT molecular complexity index is 270. The lowest BCUT2D eigenvalue weighted by Crippen LogP contribution is -2.61. The van der Waals surface area contributed by atoms with Gasteiger partial charge < -0.3 is 14.9 Å². The molecule has 104 valence electrons. The van der Waals surface area contributed by atoms with Gasteiger partial charge in [0.1, 0.15) is 0 Å². The van der Waals surface area contributed by atoms with Gasteiger partial charge in [-0.15, -0.1) is 0 Å². The SMILES string of the molecule is OC(P(O)O)C(F)(F)C(F)(F)C(F)(F)C(F)F. The van der Waals surface area contributed by atoms with Crippen LogP contribution in [0.25, 0.3) is 0 Å². The van der Waals surface area contributed by atoms with E-state index in [4.69, 9.17) is 14.9 Å². The first-order valence-corrected chi connectivity index (χ1v) is 4.88. The van der Waals surface area contributed by atoms with Crippen LogP contribution in [0.15, 0.2) is 0 Å². The molecule has 0 aromatic rings. The van der Waals surface area contributed by atoms with Gasteiger partial charge in [-0.3, -0.25) is 0 Å². The summed E-state index contributed by atoms with van der Waals surface area (Å²) in [6, 6.07) is 0. The van der Waals surface area contributed by atoms with Gasteiger partial charge in [-0.2, -0.15) is 26.3 Å². The molecule has 3 N–H and O–H groups in total. The van der Waals surface area contributed by atoms with Crippen molar-refractivity contribution in [2.75, 3.05) is 0 Å². The maximum atomic E-state index is 12.6. The molecule has 0 aliphatic heterocycles. The Labute approximate surface area is 89.6 Å². The van der Waals surface area contributed by atoms with Crippen molar-refractivity contribution in [3.05, 3.63) is 0 Å². The third kappa shape index (κ3) is 2.61. The molecule has 0 aliphatic rings. The summed E-state index contributed by atoms with van der Waals surface area (Å²) in [6.07, 6.45) is -5.13. The van der Waals surface area contributed by atoms with Crippen LogP contribution < -0.4 is 0 Å². The van der Waals surface area contributed by atoms with E-state index in [9.17, 15) is 35.1 Å². The number of aliphatic hydroxyl groups excluding tert-OH is 1. The zero-order chi connectivity index (χ0) is 14.2. The van der Waals surface area contributed by atoms with Crippen LogP contribution in [0.2, 0.25) is 0 Å². The summed E-state index contributed by atoms with van der Waals surface area (Å²) in [6.45, 7) is 0. The van der Waals surface area contributed by atoms with Crippen LogP contribution in [0, 0.1) is 0 Å². The van der Waals surface area contributed by atoms with Gasteiger partial charge in [0, 0.05) is 0 Å². The molecule has 0 radical (unpaired) electrons. The minimum Gasteiger partial charge on any atom is -0.378 e. The highest BCUT2D eigenvalue weighted by Crippen LogP contribution is 2.54. The van der Waals surface area contributed by atoms with E-state index in [0.717, 1.165) is 0 Å². The fourth-order valence-electron chi connectivity index (χ4n) is 0.666. The number of hydrogen-bond donors (Lipinski definition) is 3. The zero-order valence-corrected chi connectivity index (χ0v) is 8.36. The van der Waals surface area contributed by atoms with Gasteiger partial charge in [-0.25, -0.2) is 8.78 Å². The van der Waals surface area contributed by atoms with E-state index in [-0.39, 0.29) is 0 Å². The second kappa shape index (κ2) is 4.79. The third-order valence-corrected chi connectivity index (χ3v) is 2.42. The zero-order valence-electron chi connectivity index (χ0n) is 7.47. The quantitative estimate of drug-likeness (QED) is 0.535. The molecule has 0 saturated carbocycles. The first-order chi connectivity index (χ1) is 7.30. The highest BCUT2D eigenvalue weighted by molar-refractivity contribution is 7.45. The van der Waals surface area contributed by atoms with Crippen molar-refractivity contribution < 1.29 is 50.0 Å². The van der Waals surface area contributed by atoms with Crippen LogP contribution in [-0.4, -0.2) is 44.9 Å². The maximum absolute atomic E-state index is 12.6. The van der Waals surface area contributed by atoms with Crippen molar-refractivity contribution in [1.82, 2.24) is 0 Å². The molecule has 0 aromatic heterocycles. The Morgan fingerprint density at radius 2 is 1.18 bits per heavy atom. The number of halogens is 8. The van der Waals surface area contributed by atoms with E-state index >= 15 is 0 Å². The molecule has 1 unspecified atom stereocenters. The largest absolute Gasteiger partial charge is 0.381 e. The molecule has 0 fully saturated rings. The molecule has 3 nitrogen and oxygen atoms in total. The average Bonchev–Trinajstić information content (AvgIpc) is 2.15. The van der Waals surface area contributed by atoms with Crippen LogP contribution in [0.3, 0.4) is 0 Å². The molecule has 1 atom stereocenters. The van der Waals surface area contributed by atoms with Crippen LogP contribution in [0.4, 0.5) is 35.1 Å². The summed E-state index contributed by atoms with van der Waals surface area (Å²) in [5.41, 5.74) is 0. The summed E-state index contributed by atoms with van der Waals surface area (Å²) >= 11 is 0. The Balaban J connectivity index is 5.44. The number of alkyl halides is 8. The van der Waals surface area contributed by atoms with E-state index in [1.807, 2.05) is 0 Å². The minimum absolute atomic E-state index is 3.99. The molecular weight excluding hydrogens is 291 g/mol. The topological polar surface area (TPSA) is 60.7 Å². The van der Waals surface area contributed by atoms with Crippen molar-refractivity contribution in [1.29, 1.82) is 0 Å². The lowest BCUT2D eigenvalue weighted by atomic mass is 10.1. The van der Waals surface area contributed by atoms with Crippen LogP contribution in [-0.2, 0) is 0 Å². The highest BCUT2D eigenvalue weighted by Gasteiger charge is 2.78. The lowest BCUT2D eigenvalue weighted by Gasteiger charge is -2.34. The van der Waals surface area contributed by atoms with E-state index in [2.05, 4.69) is 0 Å². The molecule has 17 heavy (non-hydrogen) atoms. The summed E-state index contributed by atoms with van der Waals surface area (Å²) in [4.78, 5) is 16.1. The summed E-state index contributed by atoms with van der Waals surface area (Å²) in [5, 5.41) is 8.26. The van der Waals surface area contributed by atoms with E-state index in [1.54, 1.807) is 0 Å². The van der Waals surface area contributed by atoms with Crippen LogP contribution in [0.5, 0.6) is 0 Å². The molecule has 0 spiro atoms. The third-order valence-electron chi connectivity index (χ3n) is 1.65. The van der Waals surface area contributed by atoms with Crippen LogP contribution in [0.1, 0.15) is 0 Å². The van der Waals surface area contributed by atoms with Gasteiger partial charge in [0.25, 0.3) is 0 Å². The molecule has 12 heteroatoms. The first-order valence-electron chi connectivity index (χ1n) is 3.56.